The summed E-state index contributed by atoms with van der Waals surface area (Å²) in [6.07, 6.45) is 5.99. The predicted molar refractivity (Wildman–Crippen MR) is 137 cm³/mol. The van der Waals surface area contributed by atoms with Crippen LogP contribution in [0.2, 0.25) is 5.02 Å². The van der Waals surface area contributed by atoms with Gasteiger partial charge < -0.3 is 15.0 Å². The van der Waals surface area contributed by atoms with Gasteiger partial charge in [-0.1, -0.05) is 88.0 Å². The van der Waals surface area contributed by atoms with Crippen molar-refractivity contribution >= 4 is 23.4 Å². The topological polar surface area (TPSA) is 58.6 Å². The van der Waals surface area contributed by atoms with Gasteiger partial charge in [-0.25, -0.2) is 0 Å². The molecule has 0 radical (unpaired) electrons. The van der Waals surface area contributed by atoms with Crippen LogP contribution in [-0.2, 0) is 16.1 Å². The van der Waals surface area contributed by atoms with Gasteiger partial charge in [0.1, 0.15) is 11.8 Å². The highest BCUT2D eigenvalue weighted by Gasteiger charge is 2.31. The Bertz CT molecular complexity index is 956. The summed E-state index contributed by atoms with van der Waals surface area (Å²) in [4.78, 5) is 28.4. The third-order valence-corrected chi connectivity index (χ3v) is 6.90. The van der Waals surface area contributed by atoms with E-state index >= 15 is 0 Å². The van der Waals surface area contributed by atoms with Crippen molar-refractivity contribution < 1.29 is 14.3 Å². The molecule has 2 aromatic rings. The summed E-state index contributed by atoms with van der Waals surface area (Å²) < 4.78 is 5.98. The maximum atomic E-state index is 13.5. The van der Waals surface area contributed by atoms with E-state index in [1.54, 1.807) is 11.0 Å². The summed E-state index contributed by atoms with van der Waals surface area (Å²) in [6.45, 7) is 6.24. The maximum Gasteiger partial charge on any atom is 0.261 e. The van der Waals surface area contributed by atoms with Crippen molar-refractivity contribution in [3.63, 3.8) is 0 Å². The van der Waals surface area contributed by atoms with Crippen molar-refractivity contribution in [3.05, 3.63) is 64.7 Å². The molecular weight excluding hydrogens is 448 g/mol. The van der Waals surface area contributed by atoms with Gasteiger partial charge in [0.05, 0.1) is 0 Å². The Balaban J connectivity index is 1.79. The number of hydrogen-bond acceptors (Lipinski definition) is 3. The first-order valence-corrected chi connectivity index (χ1v) is 12.8. The number of ether oxygens (including phenoxy) is 1. The summed E-state index contributed by atoms with van der Waals surface area (Å²) >= 11 is 6.41. The Kier molecular flexibility index (Phi) is 9.82. The Morgan fingerprint density at radius 1 is 1.06 bits per heavy atom. The number of benzene rings is 2. The van der Waals surface area contributed by atoms with Crippen LogP contribution in [0.4, 0.5) is 0 Å². The van der Waals surface area contributed by atoms with Crippen LogP contribution in [-0.4, -0.2) is 35.4 Å². The zero-order valence-corrected chi connectivity index (χ0v) is 21.3. The van der Waals surface area contributed by atoms with Gasteiger partial charge in [0.15, 0.2) is 6.61 Å². The molecule has 1 N–H and O–H groups in total. The van der Waals surface area contributed by atoms with Gasteiger partial charge in [0.25, 0.3) is 5.91 Å². The number of hydrogen-bond donors (Lipinski definition) is 1. The number of carbonyl (C=O) groups is 2. The summed E-state index contributed by atoms with van der Waals surface area (Å²) in [5, 5.41) is 3.77. The zero-order valence-electron chi connectivity index (χ0n) is 20.6. The average molecular weight is 485 g/mol. The molecular formula is C28H37ClN2O3. The van der Waals surface area contributed by atoms with Gasteiger partial charge in [-0.2, -0.15) is 0 Å². The normalized spacial score (nSPS) is 15.1. The Morgan fingerprint density at radius 2 is 1.74 bits per heavy atom. The molecule has 1 saturated carbocycles. The highest BCUT2D eigenvalue weighted by molar-refractivity contribution is 6.31. The molecule has 1 aliphatic rings. The minimum absolute atomic E-state index is 0.0996. The fourth-order valence-corrected chi connectivity index (χ4v) is 4.78. The Labute approximate surface area is 208 Å². The fourth-order valence-electron chi connectivity index (χ4n) is 4.59. The number of amides is 2. The van der Waals surface area contributed by atoms with Crippen molar-refractivity contribution in [2.75, 3.05) is 6.61 Å². The molecule has 0 saturated heterocycles. The summed E-state index contributed by atoms with van der Waals surface area (Å²) in [6, 6.07) is 14.8. The number of nitrogens with zero attached hydrogens (tertiary/aromatic N) is 1. The van der Waals surface area contributed by atoms with E-state index in [1.165, 1.54) is 6.42 Å². The first kappa shape index (κ1) is 26.1. The van der Waals surface area contributed by atoms with Crippen molar-refractivity contribution in [2.24, 2.45) is 0 Å². The third-order valence-electron chi connectivity index (χ3n) is 6.53. The Hall–Kier alpha value is -2.53. The molecule has 0 heterocycles. The number of rotatable bonds is 10. The molecule has 1 fully saturated rings. The van der Waals surface area contributed by atoms with Crippen molar-refractivity contribution in [1.29, 1.82) is 0 Å². The number of para-hydroxylation sites is 1. The largest absolute Gasteiger partial charge is 0.483 e. The molecule has 1 atom stereocenters. The van der Waals surface area contributed by atoms with E-state index in [1.807, 2.05) is 49.4 Å². The van der Waals surface area contributed by atoms with Crippen LogP contribution in [0, 0.1) is 0 Å². The molecule has 2 amide bonds. The molecule has 34 heavy (non-hydrogen) atoms. The second-order valence-corrected chi connectivity index (χ2v) is 9.77. The molecule has 0 aromatic heterocycles. The van der Waals surface area contributed by atoms with Gasteiger partial charge in [-0.15, -0.1) is 0 Å². The molecule has 1 aliphatic carbocycles. The molecule has 184 valence electrons. The van der Waals surface area contributed by atoms with Crippen molar-refractivity contribution in [1.82, 2.24) is 10.2 Å². The van der Waals surface area contributed by atoms with E-state index in [2.05, 4.69) is 19.2 Å². The summed E-state index contributed by atoms with van der Waals surface area (Å²) in [5.41, 5.74) is 1.86. The molecule has 2 aromatic carbocycles. The maximum absolute atomic E-state index is 13.5. The van der Waals surface area contributed by atoms with Gasteiger partial charge >= 0.3 is 0 Å². The smallest absolute Gasteiger partial charge is 0.261 e. The lowest BCUT2D eigenvalue weighted by atomic mass is 9.95. The van der Waals surface area contributed by atoms with Crippen LogP contribution >= 0.6 is 11.6 Å². The average Bonchev–Trinajstić information content (AvgIpc) is 2.84. The predicted octanol–water partition coefficient (Wildman–Crippen LogP) is 6.10. The van der Waals surface area contributed by atoms with E-state index in [0.717, 1.165) is 36.8 Å². The molecule has 0 spiro atoms. The standard InChI is InChI=1S/C28H37ClN2O3/c1-4-25(28(33)30-22-13-6-5-7-14-22)31(18-21-12-8-10-16-24(21)29)27(32)19-34-26-17-11-9-15-23(26)20(2)3/h8-12,15-17,20,22,25H,4-7,13-14,18-19H2,1-3H3,(H,30,33)/t25-/m0/s1. The summed E-state index contributed by atoms with van der Waals surface area (Å²) in [5.74, 6) is 0.639. The monoisotopic (exact) mass is 484 g/mol. The second-order valence-electron chi connectivity index (χ2n) is 9.36. The molecule has 5 nitrogen and oxygen atoms in total. The van der Waals surface area contributed by atoms with E-state index in [-0.39, 0.29) is 36.9 Å². The van der Waals surface area contributed by atoms with Gasteiger partial charge in [-0.05, 0) is 48.4 Å². The quantitative estimate of drug-likeness (QED) is 0.443. The number of nitrogens with one attached hydrogen (secondary N) is 1. The molecule has 0 unspecified atom stereocenters. The minimum Gasteiger partial charge on any atom is -0.483 e. The first-order valence-electron chi connectivity index (χ1n) is 12.5. The lowest BCUT2D eigenvalue weighted by Crippen LogP contribution is -2.52. The highest BCUT2D eigenvalue weighted by atomic mass is 35.5. The molecule has 0 bridgehead atoms. The lowest BCUT2D eigenvalue weighted by molar-refractivity contribution is -0.143. The van der Waals surface area contributed by atoms with E-state index in [9.17, 15) is 9.59 Å². The van der Waals surface area contributed by atoms with E-state index in [0.29, 0.717) is 17.2 Å². The Morgan fingerprint density at radius 3 is 2.41 bits per heavy atom. The van der Waals surface area contributed by atoms with Crippen LogP contribution in [0.1, 0.15) is 76.3 Å². The molecule has 6 heteroatoms. The molecule has 3 rings (SSSR count). The van der Waals surface area contributed by atoms with Crippen LogP contribution < -0.4 is 10.1 Å². The molecule has 0 aliphatic heterocycles. The van der Waals surface area contributed by atoms with Gasteiger partial charge in [-0.3, -0.25) is 9.59 Å². The fraction of sp³-hybridized carbons (Fsp3) is 0.500. The van der Waals surface area contributed by atoms with Crippen LogP contribution in [0.15, 0.2) is 48.5 Å². The van der Waals surface area contributed by atoms with Crippen LogP contribution in [0.25, 0.3) is 0 Å². The second kappa shape index (κ2) is 12.8. The minimum atomic E-state index is -0.588. The van der Waals surface area contributed by atoms with Gasteiger partial charge in [0, 0.05) is 17.6 Å². The van der Waals surface area contributed by atoms with Crippen molar-refractivity contribution in [2.45, 2.75) is 83.8 Å². The number of halogens is 1. The van der Waals surface area contributed by atoms with E-state index < -0.39 is 6.04 Å². The number of carbonyl (C=O) groups excluding carboxylic acids is 2. The van der Waals surface area contributed by atoms with Crippen LogP contribution in [0.5, 0.6) is 5.75 Å². The highest BCUT2D eigenvalue weighted by Crippen LogP contribution is 2.26. The summed E-state index contributed by atoms with van der Waals surface area (Å²) in [7, 11) is 0. The van der Waals surface area contributed by atoms with Crippen molar-refractivity contribution in [3.8, 4) is 5.75 Å². The third kappa shape index (κ3) is 6.99. The zero-order chi connectivity index (χ0) is 24.5. The van der Waals surface area contributed by atoms with Crippen LogP contribution in [0.3, 0.4) is 0 Å². The van der Waals surface area contributed by atoms with Gasteiger partial charge in [0.2, 0.25) is 5.91 Å². The lowest BCUT2D eigenvalue weighted by Gasteiger charge is -2.33. The first-order chi connectivity index (χ1) is 16.4. The SMILES string of the molecule is CC[C@@H](C(=O)NC1CCCCC1)N(Cc1ccccc1Cl)C(=O)COc1ccccc1C(C)C. The van der Waals surface area contributed by atoms with E-state index in [4.69, 9.17) is 16.3 Å².